The second-order valence-corrected chi connectivity index (χ2v) is 3.88. The van der Waals surface area contributed by atoms with Gasteiger partial charge in [0.25, 0.3) is 0 Å². The molecule has 5 nitrogen and oxygen atoms in total. The molecular formula is C11H20N2O3. The van der Waals surface area contributed by atoms with Gasteiger partial charge in [0, 0.05) is 26.2 Å². The first-order valence-electron chi connectivity index (χ1n) is 5.24. The largest absolute Gasteiger partial charge is 0.481 e. The summed E-state index contributed by atoms with van der Waals surface area (Å²) in [7, 11) is 1.60. The summed E-state index contributed by atoms with van der Waals surface area (Å²) >= 11 is 0. The summed E-state index contributed by atoms with van der Waals surface area (Å²) in [6.45, 7) is 8.09. The number of hydrogen-bond donors (Lipinski definition) is 1. The molecule has 0 fully saturated rings. The molecule has 0 aromatic rings. The minimum Gasteiger partial charge on any atom is -0.481 e. The molecular weight excluding hydrogens is 208 g/mol. The maximum Gasteiger partial charge on any atom is 0.320 e. The normalized spacial score (nSPS) is 10.0. The van der Waals surface area contributed by atoms with Crippen molar-refractivity contribution < 1.29 is 14.7 Å². The highest BCUT2D eigenvalue weighted by Crippen LogP contribution is 2.04. The van der Waals surface area contributed by atoms with Crippen LogP contribution in [0.5, 0.6) is 0 Å². The van der Waals surface area contributed by atoms with E-state index in [1.807, 2.05) is 13.8 Å². The molecule has 0 heterocycles. The maximum atomic E-state index is 11.9. The first kappa shape index (κ1) is 14.5. The Balaban J connectivity index is 4.36. The maximum absolute atomic E-state index is 11.9. The SMILES string of the molecule is C=CCN(C(=O)N(C)CCC(=O)O)C(C)C. The lowest BCUT2D eigenvalue weighted by Gasteiger charge is -2.30. The lowest BCUT2D eigenvalue weighted by Crippen LogP contribution is -2.45. The molecule has 0 saturated carbocycles. The van der Waals surface area contributed by atoms with Gasteiger partial charge in [-0.25, -0.2) is 4.79 Å². The van der Waals surface area contributed by atoms with Crippen molar-refractivity contribution in [3.63, 3.8) is 0 Å². The third kappa shape index (κ3) is 4.82. The van der Waals surface area contributed by atoms with Crippen LogP contribution in [0.1, 0.15) is 20.3 Å². The van der Waals surface area contributed by atoms with E-state index >= 15 is 0 Å². The number of urea groups is 1. The Morgan fingerprint density at radius 1 is 1.44 bits per heavy atom. The van der Waals surface area contributed by atoms with Crippen LogP contribution >= 0.6 is 0 Å². The second-order valence-electron chi connectivity index (χ2n) is 3.88. The summed E-state index contributed by atoms with van der Waals surface area (Å²) in [5.41, 5.74) is 0. The molecule has 0 saturated heterocycles. The zero-order valence-electron chi connectivity index (χ0n) is 10.1. The van der Waals surface area contributed by atoms with E-state index in [1.165, 1.54) is 4.90 Å². The number of carboxylic acids is 1. The molecule has 92 valence electrons. The van der Waals surface area contributed by atoms with Gasteiger partial charge in [-0.15, -0.1) is 6.58 Å². The van der Waals surface area contributed by atoms with Gasteiger partial charge in [-0.3, -0.25) is 4.79 Å². The van der Waals surface area contributed by atoms with Crippen molar-refractivity contribution >= 4 is 12.0 Å². The number of carboxylic acid groups (broad SMARTS) is 1. The zero-order chi connectivity index (χ0) is 12.7. The van der Waals surface area contributed by atoms with E-state index in [2.05, 4.69) is 6.58 Å². The zero-order valence-corrected chi connectivity index (χ0v) is 10.1. The number of carbonyl (C=O) groups excluding carboxylic acids is 1. The van der Waals surface area contributed by atoms with E-state index in [9.17, 15) is 9.59 Å². The van der Waals surface area contributed by atoms with Gasteiger partial charge in [-0.2, -0.15) is 0 Å². The predicted molar refractivity (Wildman–Crippen MR) is 62.3 cm³/mol. The van der Waals surface area contributed by atoms with E-state index in [-0.39, 0.29) is 25.0 Å². The minimum atomic E-state index is -0.903. The van der Waals surface area contributed by atoms with Crippen LogP contribution < -0.4 is 0 Å². The average Bonchev–Trinajstić information content (AvgIpc) is 2.20. The molecule has 0 spiro atoms. The molecule has 16 heavy (non-hydrogen) atoms. The van der Waals surface area contributed by atoms with Gasteiger partial charge in [0.05, 0.1) is 6.42 Å². The van der Waals surface area contributed by atoms with Gasteiger partial charge in [0.15, 0.2) is 0 Å². The molecule has 0 rings (SSSR count). The van der Waals surface area contributed by atoms with Crippen molar-refractivity contribution in [1.82, 2.24) is 9.80 Å². The summed E-state index contributed by atoms with van der Waals surface area (Å²) in [6, 6.07) is -0.103. The number of carbonyl (C=O) groups is 2. The molecule has 0 aliphatic rings. The van der Waals surface area contributed by atoms with E-state index < -0.39 is 5.97 Å². The molecule has 1 N–H and O–H groups in total. The van der Waals surface area contributed by atoms with Crippen LogP contribution in [0.3, 0.4) is 0 Å². The molecule has 2 amide bonds. The Labute approximate surface area is 96.3 Å². The number of amides is 2. The predicted octanol–water partition coefficient (Wildman–Crippen LogP) is 1.41. The quantitative estimate of drug-likeness (QED) is 0.699. The lowest BCUT2D eigenvalue weighted by atomic mass is 10.3. The van der Waals surface area contributed by atoms with Gasteiger partial charge in [0.2, 0.25) is 0 Å². The Hall–Kier alpha value is -1.52. The van der Waals surface area contributed by atoms with Crippen molar-refractivity contribution in [3.05, 3.63) is 12.7 Å². The molecule has 5 heteroatoms. The van der Waals surface area contributed by atoms with Crippen LogP contribution in [0.4, 0.5) is 4.79 Å². The van der Waals surface area contributed by atoms with Crippen molar-refractivity contribution in [3.8, 4) is 0 Å². The van der Waals surface area contributed by atoms with E-state index in [4.69, 9.17) is 5.11 Å². The summed E-state index contributed by atoms with van der Waals surface area (Å²) in [5.74, 6) is -0.903. The number of hydrogen-bond acceptors (Lipinski definition) is 2. The first-order chi connectivity index (χ1) is 7.40. The third-order valence-corrected chi connectivity index (χ3v) is 2.18. The highest BCUT2D eigenvalue weighted by Gasteiger charge is 2.19. The topological polar surface area (TPSA) is 60.9 Å². The Morgan fingerprint density at radius 3 is 2.38 bits per heavy atom. The standard InChI is InChI=1S/C11H20N2O3/c1-5-7-13(9(2)3)11(16)12(4)8-6-10(14)15/h5,9H,1,6-8H2,2-4H3,(H,14,15). The summed E-state index contributed by atoms with van der Waals surface area (Å²) < 4.78 is 0. The monoisotopic (exact) mass is 228 g/mol. The molecule has 0 atom stereocenters. The van der Waals surface area contributed by atoms with E-state index in [0.29, 0.717) is 6.54 Å². The van der Waals surface area contributed by atoms with E-state index in [0.717, 1.165) is 0 Å². The summed E-state index contributed by atoms with van der Waals surface area (Å²) in [6.07, 6.45) is 1.62. The van der Waals surface area contributed by atoms with Crippen molar-refractivity contribution in [1.29, 1.82) is 0 Å². The Morgan fingerprint density at radius 2 is 2.00 bits per heavy atom. The molecule has 0 aliphatic carbocycles. The molecule has 0 aromatic heterocycles. The van der Waals surface area contributed by atoms with Crippen LogP contribution in [0, 0.1) is 0 Å². The van der Waals surface area contributed by atoms with Crippen LogP contribution in [0.15, 0.2) is 12.7 Å². The van der Waals surface area contributed by atoms with Crippen LogP contribution in [0.2, 0.25) is 0 Å². The second kappa shape index (κ2) is 6.87. The van der Waals surface area contributed by atoms with Gasteiger partial charge >= 0.3 is 12.0 Å². The van der Waals surface area contributed by atoms with Crippen LogP contribution in [0.25, 0.3) is 0 Å². The minimum absolute atomic E-state index is 0.0394. The molecule has 0 aromatic carbocycles. The fourth-order valence-corrected chi connectivity index (χ4v) is 1.23. The van der Waals surface area contributed by atoms with Gasteiger partial charge < -0.3 is 14.9 Å². The first-order valence-corrected chi connectivity index (χ1v) is 5.24. The number of rotatable bonds is 6. The van der Waals surface area contributed by atoms with Crippen molar-refractivity contribution in [2.24, 2.45) is 0 Å². The summed E-state index contributed by atoms with van der Waals surface area (Å²) in [4.78, 5) is 25.3. The van der Waals surface area contributed by atoms with Crippen molar-refractivity contribution in [2.75, 3.05) is 20.1 Å². The van der Waals surface area contributed by atoms with Crippen molar-refractivity contribution in [2.45, 2.75) is 26.3 Å². The van der Waals surface area contributed by atoms with Gasteiger partial charge in [-0.05, 0) is 13.8 Å². The third-order valence-electron chi connectivity index (χ3n) is 2.18. The van der Waals surface area contributed by atoms with Crippen LogP contribution in [-0.4, -0.2) is 53.1 Å². The highest BCUT2D eigenvalue weighted by molar-refractivity contribution is 5.75. The highest BCUT2D eigenvalue weighted by atomic mass is 16.4. The fourth-order valence-electron chi connectivity index (χ4n) is 1.23. The number of nitrogens with zero attached hydrogens (tertiary/aromatic N) is 2. The summed E-state index contributed by atoms with van der Waals surface area (Å²) in [5, 5.41) is 8.53. The molecule has 0 aliphatic heterocycles. The van der Waals surface area contributed by atoms with Gasteiger partial charge in [0.1, 0.15) is 0 Å². The Bertz CT molecular complexity index is 264. The average molecular weight is 228 g/mol. The molecule has 0 unspecified atom stereocenters. The van der Waals surface area contributed by atoms with Crippen LogP contribution in [-0.2, 0) is 4.79 Å². The lowest BCUT2D eigenvalue weighted by molar-refractivity contribution is -0.137. The van der Waals surface area contributed by atoms with Gasteiger partial charge in [-0.1, -0.05) is 6.08 Å². The molecule has 0 bridgehead atoms. The number of aliphatic carboxylic acids is 1. The Kier molecular flexibility index (Phi) is 6.22. The fraction of sp³-hybridized carbons (Fsp3) is 0.636. The molecule has 0 radical (unpaired) electrons. The smallest absolute Gasteiger partial charge is 0.320 e. The van der Waals surface area contributed by atoms with E-state index in [1.54, 1.807) is 18.0 Å².